The Labute approximate surface area is 217 Å². The van der Waals surface area contributed by atoms with Gasteiger partial charge in [-0.1, -0.05) is 6.07 Å². The van der Waals surface area contributed by atoms with Crippen LogP contribution >= 0.6 is 11.8 Å². The molecule has 0 radical (unpaired) electrons. The van der Waals surface area contributed by atoms with E-state index >= 15 is 0 Å². The smallest absolute Gasteiger partial charge is 0.251 e. The summed E-state index contributed by atoms with van der Waals surface area (Å²) < 4.78 is 20.2. The van der Waals surface area contributed by atoms with Gasteiger partial charge in [-0.25, -0.2) is 14.4 Å². The third-order valence-electron chi connectivity index (χ3n) is 5.94. The summed E-state index contributed by atoms with van der Waals surface area (Å²) in [4.78, 5) is 29.7. The zero-order chi connectivity index (χ0) is 26.4. The van der Waals surface area contributed by atoms with Gasteiger partial charge in [-0.05, 0) is 30.0 Å². The van der Waals surface area contributed by atoms with Gasteiger partial charge in [0.2, 0.25) is 0 Å². The first kappa shape index (κ1) is 26.2. The van der Waals surface area contributed by atoms with Crippen molar-refractivity contribution in [2.45, 2.75) is 12.5 Å². The van der Waals surface area contributed by atoms with E-state index in [1.807, 2.05) is 6.26 Å². The average Bonchev–Trinajstić information content (AvgIpc) is 2.94. The van der Waals surface area contributed by atoms with Gasteiger partial charge in [0.25, 0.3) is 5.91 Å². The SMILES string of the molecule is CNC(=O)c1ccnc2c(C(CNc3cc(-c4cnc(CO)c(OC)c4)ncn3)CSC)ccc(F)c12. The normalized spacial score (nSPS) is 11.8. The standard InChI is InChI=1S/C26H27FN6O3S/c1-28-26(35)18-6-7-29-25-17(4-5-19(27)24(18)25)16(13-37-3)11-31-23-9-20(32-14-33-23)15-8-22(36-2)21(12-34)30-10-15/h4-10,14,16,34H,11-13H2,1-3H3,(H,28,35)(H,31,32,33). The molecule has 37 heavy (non-hydrogen) atoms. The number of pyridine rings is 2. The Bertz CT molecular complexity index is 1420. The number of methoxy groups -OCH3 is 1. The fourth-order valence-electron chi connectivity index (χ4n) is 4.11. The Morgan fingerprint density at radius 2 is 2.03 bits per heavy atom. The number of carbonyl (C=O) groups is 1. The number of aromatic nitrogens is 4. The third kappa shape index (κ3) is 5.62. The number of halogens is 1. The topological polar surface area (TPSA) is 122 Å². The molecular weight excluding hydrogens is 495 g/mol. The molecule has 0 spiro atoms. The first-order valence-electron chi connectivity index (χ1n) is 11.5. The van der Waals surface area contributed by atoms with E-state index in [0.717, 1.165) is 16.9 Å². The molecule has 3 heterocycles. The number of hydrogen-bond acceptors (Lipinski definition) is 9. The Hall–Kier alpha value is -3.83. The molecule has 11 heteroatoms. The molecule has 0 fully saturated rings. The summed E-state index contributed by atoms with van der Waals surface area (Å²) in [7, 11) is 3.03. The molecule has 0 saturated carbocycles. The molecule has 9 nitrogen and oxygen atoms in total. The van der Waals surface area contributed by atoms with Crippen LogP contribution in [0, 0.1) is 5.82 Å². The maximum atomic E-state index is 14.8. The number of rotatable bonds is 10. The first-order valence-corrected chi connectivity index (χ1v) is 12.9. The molecular formula is C26H27FN6O3S. The highest BCUT2D eigenvalue weighted by atomic mass is 32.2. The summed E-state index contributed by atoms with van der Waals surface area (Å²) in [6, 6.07) is 8.21. The molecule has 0 saturated heterocycles. The van der Waals surface area contributed by atoms with Gasteiger partial charge in [0.05, 0.1) is 30.5 Å². The number of ether oxygens (including phenoxy) is 1. The number of nitrogens with zero attached hydrogens (tertiary/aromatic N) is 4. The van der Waals surface area contributed by atoms with E-state index in [1.54, 1.807) is 36.2 Å². The molecule has 192 valence electrons. The van der Waals surface area contributed by atoms with E-state index in [1.165, 1.54) is 38.8 Å². The number of aliphatic hydroxyl groups excluding tert-OH is 1. The molecule has 4 aromatic rings. The molecule has 1 atom stereocenters. The Morgan fingerprint density at radius 1 is 1.19 bits per heavy atom. The average molecular weight is 523 g/mol. The molecule has 0 aliphatic heterocycles. The largest absolute Gasteiger partial charge is 0.495 e. The minimum Gasteiger partial charge on any atom is -0.495 e. The number of carbonyl (C=O) groups excluding carboxylic acids is 1. The highest BCUT2D eigenvalue weighted by molar-refractivity contribution is 7.98. The monoisotopic (exact) mass is 522 g/mol. The van der Waals surface area contributed by atoms with Gasteiger partial charge in [0.1, 0.15) is 29.4 Å². The highest BCUT2D eigenvalue weighted by Gasteiger charge is 2.21. The van der Waals surface area contributed by atoms with E-state index in [0.29, 0.717) is 35.0 Å². The van der Waals surface area contributed by atoms with E-state index in [4.69, 9.17) is 4.74 Å². The minimum atomic E-state index is -0.488. The molecule has 0 aliphatic rings. The molecule has 3 aromatic heterocycles. The van der Waals surface area contributed by atoms with E-state index in [-0.39, 0.29) is 29.4 Å². The van der Waals surface area contributed by atoms with Crippen molar-refractivity contribution in [3.05, 3.63) is 71.7 Å². The lowest BCUT2D eigenvalue weighted by Gasteiger charge is -2.20. The summed E-state index contributed by atoms with van der Waals surface area (Å²) in [6.45, 7) is 0.267. The fraction of sp³-hybridized carbons (Fsp3) is 0.269. The number of fused-ring (bicyclic) bond motifs is 1. The lowest BCUT2D eigenvalue weighted by Crippen LogP contribution is -2.20. The molecule has 4 rings (SSSR count). The second-order valence-electron chi connectivity index (χ2n) is 8.15. The Kier molecular flexibility index (Phi) is 8.47. The number of hydrogen-bond donors (Lipinski definition) is 3. The summed E-state index contributed by atoms with van der Waals surface area (Å²) in [6.07, 6.45) is 6.61. The first-order chi connectivity index (χ1) is 18.0. The van der Waals surface area contributed by atoms with Crippen LogP contribution in [0.5, 0.6) is 5.75 Å². The van der Waals surface area contributed by atoms with Gasteiger partial charge in [-0.2, -0.15) is 11.8 Å². The van der Waals surface area contributed by atoms with Crippen molar-refractivity contribution in [3.8, 4) is 17.0 Å². The number of nitrogens with one attached hydrogen (secondary N) is 2. The van der Waals surface area contributed by atoms with Gasteiger partial charge < -0.3 is 20.5 Å². The number of amides is 1. The van der Waals surface area contributed by atoms with Crippen molar-refractivity contribution >= 4 is 34.4 Å². The maximum Gasteiger partial charge on any atom is 0.251 e. The third-order valence-corrected chi connectivity index (χ3v) is 6.68. The maximum absolute atomic E-state index is 14.8. The van der Waals surface area contributed by atoms with Crippen LogP contribution in [-0.2, 0) is 6.61 Å². The van der Waals surface area contributed by atoms with Crippen LogP contribution in [0.2, 0.25) is 0 Å². The zero-order valence-corrected chi connectivity index (χ0v) is 21.5. The van der Waals surface area contributed by atoms with E-state index in [9.17, 15) is 14.3 Å². The Balaban J connectivity index is 1.63. The fourth-order valence-corrected chi connectivity index (χ4v) is 4.81. The van der Waals surface area contributed by atoms with Crippen molar-refractivity contribution in [1.82, 2.24) is 25.3 Å². The van der Waals surface area contributed by atoms with Crippen LogP contribution in [0.3, 0.4) is 0 Å². The van der Waals surface area contributed by atoms with Gasteiger partial charge in [0, 0.05) is 54.7 Å². The second-order valence-corrected chi connectivity index (χ2v) is 9.06. The van der Waals surface area contributed by atoms with Crippen LogP contribution in [-0.4, -0.2) is 63.7 Å². The van der Waals surface area contributed by atoms with Crippen LogP contribution in [0.1, 0.15) is 27.5 Å². The van der Waals surface area contributed by atoms with Gasteiger partial charge >= 0.3 is 0 Å². The zero-order valence-electron chi connectivity index (χ0n) is 20.7. The molecule has 3 N–H and O–H groups in total. The minimum absolute atomic E-state index is 0.0467. The predicted octanol–water partition coefficient (Wildman–Crippen LogP) is 3.65. The molecule has 1 aromatic carbocycles. The summed E-state index contributed by atoms with van der Waals surface area (Å²) in [5.74, 6) is 0.912. The van der Waals surface area contributed by atoms with Crippen LogP contribution < -0.4 is 15.4 Å². The number of anilines is 1. The summed E-state index contributed by atoms with van der Waals surface area (Å²) in [5, 5.41) is 15.6. The predicted molar refractivity (Wildman–Crippen MR) is 142 cm³/mol. The van der Waals surface area contributed by atoms with E-state index < -0.39 is 5.82 Å². The quantitative estimate of drug-likeness (QED) is 0.286. The molecule has 1 unspecified atom stereocenters. The van der Waals surface area contributed by atoms with Crippen LogP contribution in [0.4, 0.5) is 10.2 Å². The summed E-state index contributed by atoms with van der Waals surface area (Å²) >= 11 is 1.66. The Morgan fingerprint density at radius 3 is 2.76 bits per heavy atom. The van der Waals surface area contributed by atoms with Crippen LogP contribution in [0.25, 0.3) is 22.2 Å². The lowest BCUT2D eigenvalue weighted by molar-refractivity contribution is 0.0964. The van der Waals surface area contributed by atoms with E-state index in [2.05, 4.69) is 30.6 Å². The summed E-state index contributed by atoms with van der Waals surface area (Å²) in [5.41, 5.74) is 3.35. The molecule has 0 aliphatic carbocycles. The van der Waals surface area contributed by atoms with Crippen molar-refractivity contribution in [2.24, 2.45) is 0 Å². The van der Waals surface area contributed by atoms with Gasteiger partial charge in [0.15, 0.2) is 0 Å². The number of benzene rings is 1. The highest BCUT2D eigenvalue weighted by Crippen LogP contribution is 2.31. The van der Waals surface area contributed by atoms with Crippen molar-refractivity contribution in [1.29, 1.82) is 0 Å². The second kappa shape index (κ2) is 11.9. The van der Waals surface area contributed by atoms with Crippen molar-refractivity contribution < 1.29 is 19.0 Å². The number of aliphatic hydroxyl groups is 1. The van der Waals surface area contributed by atoms with Crippen molar-refractivity contribution in [2.75, 3.05) is 38.0 Å². The van der Waals surface area contributed by atoms with Gasteiger partial charge in [-0.3, -0.25) is 14.8 Å². The number of thioether (sulfide) groups is 1. The molecule has 1 amide bonds. The van der Waals surface area contributed by atoms with Crippen molar-refractivity contribution in [3.63, 3.8) is 0 Å². The molecule has 0 bridgehead atoms. The van der Waals surface area contributed by atoms with Crippen LogP contribution in [0.15, 0.2) is 49.1 Å². The lowest BCUT2D eigenvalue weighted by atomic mass is 9.95. The van der Waals surface area contributed by atoms with Gasteiger partial charge in [-0.15, -0.1) is 0 Å².